The highest BCUT2D eigenvalue weighted by Gasteiger charge is 2.21. The van der Waals surface area contributed by atoms with Gasteiger partial charge < -0.3 is 14.6 Å². The molecule has 1 N–H and O–H groups in total. The Bertz CT molecular complexity index is 909. The number of benzene rings is 1. The number of carbonyl (C=O) groups excluding carboxylic acids is 1. The molecule has 0 unspecified atom stereocenters. The Morgan fingerprint density at radius 1 is 1.29 bits per heavy atom. The van der Waals surface area contributed by atoms with Crippen LogP contribution in [0.2, 0.25) is 5.02 Å². The molecule has 0 saturated carbocycles. The second-order valence-corrected chi connectivity index (χ2v) is 5.75. The number of anilines is 1. The molecule has 3 aromatic rings. The second-order valence-electron chi connectivity index (χ2n) is 5.31. The third-order valence-corrected chi connectivity index (χ3v) is 3.90. The molecule has 0 saturated heterocycles. The van der Waals surface area contributed by atoms with Crippen molar-refractivity contribution in [2.75, 3.05) is 11.9 Å². The van der Waals surface area contributed by atoms with Crippen molar-refractivity contribution in [3.63, 3.8) is 0 Å². The fourth-order valence-corrected chi connectivity index (χ4v) is 2.82. The average Bonchev–Trinajstić information content (AvgIpc) is 3.24. The maximum Gasteiger partial charge on any atom is 0.277 e. The van der Waals surface area contributed by atoms with Crippen LogP contribution < -0.4 is 10.1 Å². The second kappa shape index (κ2) is 5.98. The summed E-state index contributed by atoms with van der Waals surface area (Å²) in [6, 6.07) is 8.68. The number of ether oxygens (including phenoxy) is 1. The van der Waals surface area contributed by atoms with E-state index in [4.69, 9.17) is 20.9 Å². The number of carbonyl (C=O) groups is 1. The van der Waals surface area contributed by atoms with Gasteiger partial charge >= 0.3 is 0 Å². The molecule has 1 amide bonds. The number of halogens is 1. The molecule has 2 aromatic heterocycles. The van der Waals surface area contributed by atoms with Crippen LogP contribution in [0.4, 0.5) is 5.69 Å². The Morgan fingerprint density at radius 2 is 2.21 bits per heavy atom. The van der Waals surface area contributed by atoms with Gasteiger partial charge in [0.2, 0.25) is 0 Å². The Hall–Kier alpha value is -2.86. The molecule has 1 aromatic carbocycles. The summed E-state index contributed by atoms with van der Waals surface area (Å²) in [5, 5.41) is 7.14. The van der Waals surface area contributed by atoms with Crippen LogP contribution >= 0.6 is 11.6 Å². The Labute approximate surface area is 142 Å². The number of pyridine rings is 1. The normalized spacial score (nSPS) is 12.5. The molecule has 120 valence electrons. The zero-order chi connectivity index (χ0) is 16.5. The minimum Gasteiger partial charge on any atom is -0.491 e. The number of rotatable bonds is 3. The van der Waals surface area contributed by atoms with Crippen molar-refractivity contribution < 1.29 is 14.1 Å². The summed E-state index contributed by atoms with van der Waals surface area (Å²) in [5.41, 5.74) is 2.43. The fraction of sp³-hybridized carbons (Fsp3) is 0.118. The third-order valence-electron chi connectivity index (χ3n) is 3.69. The number of hydrogen-bond acceptors (Lipinski definition) is 5. The highest BCUT2D eigenvalue weighted by molar-refractivity contribution is 6.31. The monoisotopic (exact) mass is 341 g/mol. The van der Waals surface area contributed by atoms with Crippen LogP contribution in [-0.2, 0) is 6.42 Å². The molecule has 7 heteroatoms. The van der Waals surface area contributed by atoms with E-state index < -0.39 is 5.91 Å². The lowest BCUT2D eigenvalue weighted by atomic mass is 10.1. The molecule has 3 heterocycles. The van der Waals surface area contributed by atoms with E-state index in [1.54, 1.807) is 30.6 Å². The molecule has 24 heavy (non-hydrogen) atoms. The first-order valence-electron chi connectivity index (χ1n) is 7.34. The minimum atomic E-state index is -0.395. The maximum atomic E-state index is 12.4. The third kappa shape index (κ3) is 2.72. The van der Waals surface area contributed by atoms with Gasteiger partial charge in [0.25, 0.3) is 5.91 Å². The summed E-state index contributed by atoms with van der Waals surface area (Å²) in [5.74, 6) is 0.735. The van der Waals surface area contributed by atoms with Gasteiger partial charge in [0.1, 0.15) is 5.75 Å². The molecular weight excluding hydrogens is 330 g/mol. The van der Waals surface area contributed by atoms with Gasteiger partial charge in [0.05, 0.1) is 12.3 Å². The van der Waals surface area contributed by atoms with E-state index in [2.05, 4.69) is 15.5 Å². The molecule has 1 aliphatic heterocycles. The first kappa shape index (κ1) is 14.7. The van der Waals surface area contributed by atoms with Gasteiger partial charge in [-0.05, 0) is 24.3 Å². The van der Waals surface area contributed by atoms with Gasteiger partial charge in [-0.25, -0.2) is 0 Å². The number of hydrogen-bond donors (Lipinski definition) is 1. The van der Waals surface area contributed by atoms with Crippen molar-refractivity contribution >= 4 is 23.2 Å². The molecule has 6 nitrogen and oxygen atoms in total. The van der Waals surface area contributed by atoms with Crippen molar-refractivity contribution in [1.82, 2.24) is 10.1 Å². The van der Waals surface area contributed by atoms with Gasteiger partial charge in [-0.15, -0.1) is 0 Å². The van der Waals surface area contributed by atoms with Crippen LogP contribution in [0.3, 0.4) is 0 Å². The summed E-state index contributed by atoms with van der Waals surface area (Å²) in [6.45, 7) is 0.577. The number of nitrogens with zero attached hydrogens (tertiary/aromatic N) is 2. The van der Waals surface area contributed by atoms with E-state index in [-0.39, 0.29) is 5.69 Å². The standard InChI is InChI=1S/C17H12ClN3O3/c18-12-6-10-3-5-23-16(10)13(7-12)20-17(22)14-8-15(24-21-14)11-2-1-4-19-9-11/h1-2,4,6-9H,3,5H2,(H,20,22). The van der Waals surface area contributed by atoms with Crippen molar-refractivity contribution in [3.8, 4) is 17.1 Å². The Morgan fingerprint density at radius 3 is 3.04 bits per heavy atom. The molecule has 0 fully saturated rings. The highest BCUT2D eigenvalue weighted by atomic mass is 35.5. The zero-order valence-electron chi connectivity index (χ0n) is 12.5. The predicted octanol–water partition coefficient (Wildman–Crippen LogP) is 3.58. The van der Waals surface area contributed by atoms with Crippen LogP contribution in [0.25, 0.3) is 11.3 Å². The van der Waals surface area contributed by atoms with Crippen molar-refractivity contribution in [2.24, 2.45) is 0 Å². The van der Waals surface area contributed by atoms with E-state index >= 15 is 0 Å². The van der Waals surface area contributed by atoms with E-state index in [0.29, 0.717) is 28.8 Å². The molecule has 0 radical (unpaired) electrons. The number of nitrogens with one attached hydrogen (secondary N) is 1. The number of amides is 1. The largest absolute Gasteiger partial charge is 0.491 e. The Balaban J connectivity index is 1.59. The predicted molar refractivity (Wildman–Crippen MR) is 88.3 cm³/mol. The lowest BCUT2D eigenvalue weighted by molar-refractivity contribution is 0.101. The van der Waals surface area contributed by atoms with Gasteiger partial charge in [-0.2, -0.15) is 0 Å². The number of aromatic nitrogens is 2. The summed E-state index contributed by atoms with van der Waals surface area (Å²) < 4.78 is 10.8. The van der Waals surface area contributed by atoms with Crippen molar-refractivity contribution in [2.45, 2.75) is 6.42 Å². The van der Waals surface area contributed by atoms with Crippen LogP contribution in [0, 0.1) is 0 Å². The minimum absolute atomic E-state index is 0.167. The van der Waals surface area contributed by atoms with Gasteiger partial charge in [0.15, 0.2) is 11.5 Å². The molecule has 0 bridgehead atoms. The van der Waals surface area contributed by atoms with Crippen LogP contribution in [-0.4, -0.2) is 22.7 Å². The summed E-state index contributed by atoms with van der Waals surface area (Å²) >= 11 is 6.09. The fourth-order valence-electron chi connectivity index (χ4n) is 2.58. The lowest BCUT2D eigenvalue weighted by Crippen LogP contribution is -2.13. The summed E-state index contributed by atoms with van der Waals surface area (Å²) in [7, 11) is 0. The van der Waals surface area contributed by atoms with Gasteiger partial charge in [-0.3, -0.25) is 9.78 Å². The Kier molecular flexibility index (Phi) is 3.66. The highest BCUT2D eigenvalue weighted by Crippen LogP contribution is 2.36. The van der Waals surface area contributed by atoms with Crippen LogP contribution in [0.1, 0.15) is 16.1 Å². The molecule has 0 atom stereocenters. The lowest BCUT2D eigenvalue weighted by Gasteiger charge is -2.09. The average molecular weight is 342 g/mol. The molecule has 0 aliphatic carbocycles. The first-order valence-corrected chi connectivity index (χ1v) is 7.72. The summed E-state index contributed by atoms with van der Waals surface area (Å²) in [6.07, 6.45) is 4.07. The quantitative estimate of drug-likeness (QED) is 0.788. The zero-order valence-corrected chi connectivity index (χ0v) is 13.2. The van der Waals surface area contributed by atoms with Crippen LogP contribution in [0.5, 0.6) is 5.75 Å². The van der Waals surface area contributed by atoms with Crippen LogP contribution in [0.15, 0.2) is 47.2 Å². The smallest absolute Gasteiger partial charge is 0.277 e. The maximum absolute atomic E-state index is 12.4. The van der Waals surface area contributed by atoms with E-state index in [1.165, 1.54) is 0 Å². The van der Waals surface area contributed by atoms with Crippen molar-refractivity contribution in [3.05, 3.63) is 59.0 Å². The molecular formula is C17H12ClN3O3. The summed E-state index contributed by atoms with van der Waals surface area (Å²) in [4.78, 5) is 16.4. The number of fused-ring (bicyclic) bond motifs is 1. The first-order chi connectivity index (χ1) is 11.7. The molecule has 1 aliphatic rings. The SMILES string of the molecule is O=C(Nc1cc(Cl)cc2c1OCC2)c1cc(-c2cccnc2)on1. The molecule has 0 spiro atoms. The van der Waals surface area contributed by atoms with Gasteiger partial charge in [0, 0.05) is 41.0 Å². The van der Waals surface area contributed by atoms with E-state index in [9.17, 15) is 4.79 Å². The topological polar surface area (TPSA) is 77.2 Å². The van der Waals surface area contributed by atoms with E-state index in [0.717, 1.165) is 17.5 Å². The molecule has 4 rings (SSSR count). The van der Waals surface area contributed by atoms with E-state index in [1.807, 2.05) is 12.1 Å². The van der Waals surface area contributed by atoms with Gasteiger partial charge in [-0.1, -0.05) is 16.8 Å². The van der Waals surface area contributed by atoms with Crippen molar-refractivity contribution in [1.29, 1.82) is 0 Å².